The monoisotopic (exact) mass is 187 g/mol. The maximum absolute atomic E-state index is 10.9. The smallest absolute Gasteiger partial charge is 0.263 e. The Morgan fingerprint density at radius 3 is 3.14 bits per heavy atom. The number of nitrogens with two attached hydrogens (primary N) is 1. The van der Waals surface area contributed by atoms with Gasteiger partial charge in [-0.15, -0.1) is 0 Å². The van der Waals surface area contributed by atoms with E-state index in [4.69, 9.17) is 5.73 Å². The van der Waals surface area contributed by atoms with Crippen LogP contribution in [0.3, 0.4) is 0 Å². The average molecular weight is 187 g/mol. The largest absolute Gasteiger partial charge is 0.365 e. The summed E-state index contributed by atoms with van der Waals surface area (Å²) in [4.78, 5) is 18.9. The number of nitrogens with zero attached hydrogens (tertiary/aromatic N) is 2. The van der Waals surface area contributed by atoms with E-state index in [0.717, 1.165) is 11.1 Å². The highest BCUT2D eigenvalue weighted by atomic mass is 16.1. The second kappa shape index (κ2) is 3.41. The van der Waals surface area contributed by atoms with Crippen LogP contribution in [0, 0.1) is 0 Å². The van der Waals surface area contributed by atoms with Crippen molar-refractivity contribution in [2.24, 2.45) is 15.7 Å². The molecule has 2 heterocycles. The minimum atomic E-state index is -0.466. The van der Waals surface area contributed by atoms with Gasteiger partial charge in [-0.1, -0.05) is 6.08 Å². The standard InChI is InChI=1S/C10H9N3O/c11-10(14)9-4-7-2-1-3-12-5-8(7)6-13-9/h1-3,5-6H,4H2,(H2,11,14). The van der Waals surface area contributed by atoms with E-state index >= 15 is 0 Å². The predicted molar refractivity (Wildman–Crippen MR) is 55.0 cm³/mol. The number of carbonyl (C=O) groups is 1. The zero-order valence-electron chi connectivity index (χ0n) is 7.47. The maximum Gasteiger partial charge on any atom is 0.263 e. The van der Waals surface area contributed by atoms with Crippen LogP contribution in [0.2, 0.25) is 0 Å². The van der Waals surface area contributed by atoms with Gasteiger partial charge >= 0.3 is 0 Å². The van der Waals surface area contributed by atoms with Crippen LogP contribution in [0.15, 0.2) is 45.7 Å². The zero-order chi connectivity index (χ0) is 9.97. The Bertz CT molecular complexity index is 425. The molecule has 0 unspecified atom stereocenters. The molecule has 0 aromatic heterocycles. The number of carbonyl (C=O) groups excluding carboxylic acids is 1. The number of allylic oxidation sites excluding steroid dienone is 4. The van der Waals surface area contributed by atoms with Gasteiger partial charge < -0.3 is 5.73 Å². The normalized spacial score (nSPS) is 19.0. The van der Waals surface area contributed by atoms with E-state index in [1.54, 1.807) is 18.6 Å². The fourth-order valence-corrected chi connectivity index (χ4v) is 1.31. The summed E-state index contributed by atoms with van der Waals surface area (Å²) >= 11 is 0. The second-order valence-corrected chi connectivity index (χ2v) is 3.01. The van der Waals surface area contributed by atoms with Gasteiger partial charge in [0, 0.05) is 30.6 Å². The van der Waals surface area contributed by atoms with Gasteiger partial charge in [0.25, 0.3) is 5.91 Å². The predicted octanol–water partition coefficient (Wildman–Crippen LogP) is 0.725. The summed E-state index contributed by atoms with van der Waals surface area (Å²) in [6.45, 7) is 0. The molecule has 0 fully saturated rings. The Morgan fingerprint density at radius 1 is 1.50 bits per heavy atom. The minimum absolute atomic E-state index is 0.392. The van der Waals surface area contributed by atoms with Crippen molar-refractivity contribution >= 4 is 17.8 Å². The van der Waals surface area contributed by atoms with Gasteiger partial charge in [-0.05, 0) is 11.6 Å². The Morgan fingerprint density at radius 2 is 2.36 bits per heavy atom. The highest BCUT2D eigenvalue weighted by molar-refractivity contribution is 6.39. The molecule has 14 heavy (non-hydrogen) atoms. The molecule has 0 aromatic carbocycles. The molecule has 2 aliphatic heterocycles. The van der Waals surface area contributed by atoms with Crippen LogP contribution in [0.25, 0.3) is 0 Å². The first-order valence-electron chi connectivity index (χ1n) is 4.23. The molecule has 1 amide bonds. The van der Waals surface area contributed by atoms with Crippen molar-refractivity contribution in [1.82, 2.24) is 0 Å². The highest BCUT2D eigenvalue weighted by Crippen LogP contribution is 2.20. The first-order valence-corrected chi connectivity index (χ1v) is 4.23. The van der Waals surface area contributed by atoms with Gasteiger partial charge in [-0.2, -0.15) is 0 Å². The number of hydrogen-bond donors (Lipinski definition) is 1. The van der Waals surface area contributed by atoms with Crippen molar-refractivity contribution in [3.8, 4) is 0 Å². The number of amides is 1. The molecular formula is C10H9N3O. The average Bonchev–Trinajstić information content (AvgIpc) is 2.41. The van der Waals surface area contributed by atoms with E-state index in [1.165, 1.54) is 0 Å². The summed E-state index contributed by atoms with van der Waals surface area (Å²) in [5.74, 6) is -0.466. The summed E-state index contributed by atoms with van der Waals surface area (Å²) in [6, 6.07) is 0. The Balaban J connectivity index is 2.38. The van der Waals surface area contributed by atoms with Crippen LogP contribution < -0.4 is 5.73 Å². The molecule has 0 aromatic rings. The number of aliphatic imine (C=N–C) groups is 2. The quantitative estimate of drug-likeness (QED) is 0.645. The molecule has 0 aliphatic carbocycles. The van der Waals surface area contributed by atoms with E-state index < -0.39 is 5.91 Å². The fraction of sp³-hybridized carbons (Fsp3) is 0.100. The van der Waals surface area contributed by atoms with Gasteiger partial charge in [0.15, 0.2) is 0 Å². The Labute approximate surface area is 81.2 Å². The summed E-state index contributed by atoms with van der Waals surface area (Å²) in [6.07, 6.45) is 9.25. The summed E-state index contributed by atoms with van der Waals surface area (Å²) in [5, 5.41) is 0. The van der Waals surface area contributed by atoms with E-state index in [1.807, 2.05) is 12.2 Å². The van der Waals surface area contributed by atoms with Crippen LogP contribution in [0.4, 0.5) is 0 Å². The number of primary amides is 1. The molecule has 2 N–H and O–H groups in total. The fourth-order valence-electron chi connectivity index (χ4n) is 1.31. The van der Waals surface area contributed by atoms with Crippen molar-refractivity contribution in [3.63, 3.8) is 0 Å². The van der Waals surface area contributed by atoms with Crippen LogP contribution in [-0.2, 0) is 4.79 Å². The Kier molecular flexibility index (Phi) is 2.10. The van der Waals surface area contributed by atoms with Gasteiger partial charge in [0.2, 0.25) is 0 Å². The molecule has 0 radical (unpaired) electrons. The third-order valence-electron chi connectivity index (χ3n) is 2.06. The van der Waals surface area contributed by atoms with Crippen LogP contribution in [0.1, 0.15) is 6.42 Å². The molecule has 0 spiro atoms. The first-order chi connectivity index (χ1) is 6.77. The molecule has 70 valence electrons. The lowest BCUT2D eigenvalue weighted by molar-refractivity contribution is -0.112. The summed E-state index contributed by atoms with van der Waals surface area (Å²) in [7, 11) is 0. The lowest BCUT2D eigenvalue weighted by atomic mass is 9.99. The van der Waals surface area contributed by atoms with Crippen molar-refractivity contribution in [3.05, 3.63) is 35.7 Å². The topological polar surface area (TPSA) is 67.8 Å². The molecule has 0 atom stereocenters. The van der Waals surface area contributed by atoms with E-state index in [-0.39, 0.29) is 0 Å². The number of hydrogen-bond acceptors (Lipinski definition) is 3. The number of rotatable bonds is 1. The van der Waals surface area contributed by atoms with Gasteiger partial charge in [0.1, 0.15) is 5.71 Å². The van der Waals surface area contributed by atoms with Crippen molar-refractivity contribution < 1.29 is 4.79 Å². The Hall–Kier alpha value is -1.97. The van der Waals surface area contributed by atoms with Crippen molar-refractivity contribution in [2.75, 3.05) is 0 Å². The van der Waals surface area contributed by atoms with Crippen LogP contribution >= 0.6 is 0 Å². The van der Waals surface area contributed by atoms with E-state index in [2.05, 4.69) is 9.98 Å². The maximum atomic E-state index is 10.9. The molecular weight excluding hydrogens is 178 g/mol. The lowest BCUT2D eigenvalue weighted by Gasteiger charge is -2.11. The third-order valence-corrected chi connectivity index (χ3v) is 2.06. The second-order valence-electron chi connectivity index (χ2n) is 3.01. The molecule has 4 nitrogen and oxygen atoms in total. The van der Waals surface area contributed by atoms with Gasteiger partial charge in [0.05, 0.1) is 0 Å². The van der Waals surface area contributed by atoms with E-state index in [0.29, 0.717) is 12.1 Å². The molecule has 0 saturated carbocycles. The van der Waals surface area contributed by atoms with Gasteiger partial charge in [-0.25, -0.2) is 0 Å². The lowest BCUT2D eigenvalue weighted by Crippen LogP contribution is -2.25. The van der Waals surface area contributed by atoms with Gasteiger partial charge in [-0.3, -0.25) is 14.8 Å². The SMILES string of the molecule is NC(=O)C1=NC=C2C=NC=CC=C2C1. The molecule has 0 bridgehead atoms. The van der Waals surface area contributed by atoms with Crippen molar-refractivity contribution in [1.29, 1.82) is 0 Å². The molecule has 2 rings (SSSR count). The van der Waals surface area contributed by atoms with Crippen LogP contribution in [-0.4, -0.2) is 17.8 Å². The third kappa shape index (κ3) is 1.54. The zero-order valence-corrected chi connectivity index (χ0v) is 7.47. The van der Waals surface area contributed by atoms with Crippen LogP contribution in [0.5, 0.6) is 0 Å². The highest BCUT2D eigenvalue weighted by Gasteiger charge is 2.16. The molecule has 4 heteroatoms. The number of fused-ring (bicyclic) bond motifs is 1. The molecule has 2 aliphatic rings. The summed E-state index contributed by atoms with van der Waals surface area (Å²) < 4.78 is 0. The first kappa shape index (κ1) is 8.62. The van der Waals surface area contributed by atoms with Crippen molar-refractivity contribution in [2.45, 2.75) is 6.42 Å². The minimum Gasteiger partial charge on any atom is -0.365 e. The van der Waals surface area contributed by atoms with E-state index in [9.17, 15) is 4.79 Å². The molecule has 0 saturated heterocycles. The summed E-state index contributed by atoms with van der Waals surface area (Å²) in [5.41, 5.74) is 7.49.